The third-order valence-electron chi connectivity index (χ3n) is 7.87. The van der Waals surface area contributed by atoms with Crippen molar-refractivity contribution in [1.82, 2.24) is 14.8 Å². The lowest BCUT2D eigenvalue weighted by Gasteiger charge is -2.34. The number of nitrogens with one attached hydrogen (secondary N) is 1. The van der Waals surface area contributed by atoms with Crippen molar-refractivity contribution in [2.75, 3.05) is 11.9 Å². The second kappa shape index (κ2) is 13.8. The Morgan fingerprint density at radius 3 is 2.44 bits per heavy atom. The molecule has 0 fully saturated rings. The third-order valence-corrected chi connectivity index (χ3v) is 7.87. The number of halogens is 2. The first-order valence-corrected chi connectivity index (χ1v) is 15.0. The van der Waals surface area contributed by atoms with Crippen LogP contribution >= 0.6 is 0 Å². The van der Waals surface area contributed by atoms with Crippen LogP contribution in [-0.4, -0.2) is 45.3 Å². The van der Waals surface area contributed by atoms with E-state index in [-0.39, 0.29) is 41.4 Å². The van der Waals surface area contributed by atoms with Crippen LogP contribution in [0.4, 0.5) is 20.2 Å². The van der Waals surface area contributed by atoms with E-state index in [1.807, 2.05) is 60.7 Å². The van der Waals surface area contributed by atoms with E-state index in [1.54, 1.807) is 20.2 Å². The van der Waals surface area contributed by atoms with Crippen LogP contribution in [0.15, 0.2) is 96.2 Å². The summed E-state index contributed by atoms with van der Waals surface area (Å²) in [5, 5.41) is 7.32. The number of Topliss-reactive ketones (excluding diaryl/α,β-unsaturated/α-hetero) is 1. The van der Waals surface area contributed by atoms with Crippen LogP contribution in [0.2, 0.25) is 0 Å². The fraction of sp³-hybridized carbons (Fsp3) is 0.167. The van der Waals surface area contributed by atoms with Crippen LogP contribution in [-0.2, 0) is 23.1 Å². The topological polar surface area (TPSA) is 125 Å². The number of cyclic esters (lactones) is 1. The molecule has 12 heteroatoms. The minimum atomic E-state index is -0.754. The van der Waals surface area contributed by atoms with Crippen LogP contribution < -0.4 is 5.32 Å². The van der Waals surface area contributed by atoms with Gasteiger partial charge in [0.05, 0.1) is 35.0 Å². The summed E-state index contributed by atoms with van der Waals surface area (Å²) in [5.41, 5.74) is 3.34. The molecule has 0 aliphatic carbocycles. The predicted molar refractivity (Wildman–Crippen MR) is 172 cm³/mol. The number of aryl methyl sites for hydroxylation is 1. The van der Waals surface area contributed by atoms with Gasteiger partial charge in [-0.25, -0.2) is 23.4 Å². The van der Waals surface area contributed by atoms with Crippen molar-refractivity contribution in [3.05, 3.63) is 142 Å². The number of hydrogen-bond acceptors (Lipinski definition) is 9. The zero-order valence-corrected chi connectivity index (χ0v) is 25.9. The van der Waals surface area contributed by atoms with E-state index in [0.717, 1.165) is 17.2 Å². The van der Waals surface area contributed by atoms with Crippen LogP contribution in [0.1, 0.15) is 72.5 Å². The molecular weight excluding hydrogens is 620 g/mol. The molecule has 1 N–H and O–H groups in total. The summed E-state index contributed by atoms with van der Waals surface area (Å²) in [4.78, 5) is 46.0. The number of carbonyl (C=O) groups is 3. The second-order valence-electron chi connectivity index (χ2n) is 10.9. The van der Waals surface area contributed by atoms with E-state index in [1.165, 1.54) is 29.2 Å². The molecule has 2 atom stereocenters. The van der Waals surface area contributed by atoms with Crippen molar-refractivity contribution in [3.63, 3.8) is 0 Å². The van der Waals surface area contributed by atoms with Crippen LogP contribution in [0.3, 0.4) is 0 Å². The normalized spacial score (nSPS) is 16.3. The van der Waals surface area contributed by atoms with Gasteiger partial charge in [0.2, 0.25) is 0 Å². The van der Waals surface area contributed by atoms with E-state index < -0.39 is 35.5 Å². The van der Waals surface area contributed by atoms with Gasteiger partial charge in [0.15, 0.2) is 5.78 Å². The molecular formula is C36H29F2N5O5. The van der Waals surface area contributed by atoms with Gasteiger partial charge < -0.3 is 14.8 Å². The maximum atomic E-state index is 14.3. The zero-order chi connectivity index (χ0) is 33.8. The lowest BCUT2D eigenvalue weighted by molar-refractivity contribution is 0.0517. The van der Waals surface area contributed by atoms with Crippen molar-refractivity contribution < 1.29 is 32.6 Å². The molecule has 0 bridgehead atoms. The van der Waals surface area contributed by atoms with Crippen molar-refractivity contribution >= 4 is 35.3 Å². The molecule has 3 heterocycles. The number of esters is 2. The van der Waals surface area contributed by atoms with Gasteiger partial charge in [-0.05, 0) is 42.3 Å². The Kier molecular flexibility index (Phi) is 9.15. The molecule has 0 saturated heterocycles. The first-order valence-electron chi connectivity index (χ1n) is 15.0. The summed E-state index contributed by atoms with van der Waals surface area (Å²) < 4.78 is 39.2. The number of nitrogens with zero attached hydrogens (tertiary/aromatic N) is 4. The molecule has 2 unspecified atom stereocenters. The third kappa shape index (κ3) is 6.45. The van der Waals surface area contributed by atoms with E-state index in [2.05, 4.69) is 20.4 Å². The lowest BCUT2D eigenvalue weighted by Crippen LogP contribution is -2.35. The van der Waals surface area contributed by atoms with Gasteiger partial charge in [0.1, 0.15) is 36.3 Å². The fourth-order valence-electron chi connectivity index (χ4n) is 5.67. The average molecular weight is 650 g/mol. The molecule has 0 radical (unpaired) electrons. The standard InChI is InChI=1S/C21H19FN4O3.C15H10FNO2/c1-3-29-21(28)14-9-13(22)10-15-16(14)19(27)17(20-23-11-24-26(20)2)18(25-15)12-7-5-4-6-8-12;16-11-6-12-13(9-19-15(12)18)14(7-11)17-8-10-4-2-1-3-5-10/h4-11,17-18,25H,3H2,1-2H3;1-8H,9H2. The lowest BCUT2D eigenvalue weighted by atomic mass is 9.80. The first-order chi connectivity index (χ1) is 23.2. The highest BCUT2D eigenvalue weighted by molar-refractivity contribution is 6.14. The zero-order valence-electron chi connectivity index (χ0n) is 25.9. The number of aromatic nitrogens is 3. The quantitative estimate of drug-likeness (QED) is 0.163. The SMILES string of the molecule is CCOC(=O)c1cc(F)cc2c1C(=O)C(c1ncnn1C)C(c1ccccc1)N2.O=C1OCc2c(N=Cc3ccccc3)cc(F)cc21. The van der Waals surface area contributed by atoms with Gasteiger partial charge in [0.25, 0.3) is 0 Å². The van der Waals surface area contributed by atoms with E-state index >= 15 is 0 Å². The van der Waals surface area contributed by atoms with Gasteiger partial charge in [-0.3, -0.25) is 14.5 Å². The predicted octanol–water partition coefficient (Wildman–Crippen LogP) is 6.51. The number of benzene rings is 4. The summed E-state index contributed by atoms with van der Waals surface area (Å²) in [7, 11) is 1.70. The minimum Gasteiger partial charge on any atom is -0.462 e. The van der Waals surface area contributed by atoms with Crippen molar-refractivity contribution in [2.24, 2.45) is 12.0 Å². The summed E-state index contributed by atoms with van der Waals surface area (Å²) in [6, 6.07) is 23.1. The molecule has 0 amide bonds. The number of carbonyl (C=O) groups excluding carboxylic acids is 3. The summed E-state index contributed by atoms with van der Waals surface area (Å²) in [6.45, 7) is 1.92. The molecule has 2 aliphatic rings. The number of anilines is 1. The van der Waals surface area contributed by atoms with Crippen molar-refractivity contribution in [2.45, 2.75) is 25.5 Å². The number of ketones is 1. The number of aliphatic imine (C=N–C) groups is 1. The molecule has 2 aliphatic heterocycles. The van der Waals surface area contributed by atoms with Crippen LogP contribution in [0.5, 0.6) is 0 Å². The van der Waals surface area contributed by atoms with Gasteiger partial charge in [-0.2, -0.15) is 5.10 Å². The second-order valence-corrected chi connectivity index (χ2v) is 10.9. The Bertz CT molecular complexity index is 2030. The smallest absolute Gasteiger partial charge is 0.339 e. The monoisotopic (exact) mass is 649 g/mol. The number of fused-ring (bicyclic) bond motifs is 2. The van der Waals surface area contributed by atoms with Crippen LogP contribution in [0, 0.1) is 11.6 Å². The number of rotatable bonds is 6. The highest BCUT2D eigenvalue weighted by atomic mass is 19.1. The minimum absolute atomic E-state index is 0.0990. The molecule has 7 rings (SSSR count). The van der Waals surface area contributed by atoms with E-state index in [4.69, 9.17) is 9.47 Å². The molecule has 1 aromatic heterocycles. The molecule has 4 aromatic carbocycles. The molecule has 0 saturated carbocycles. The van der Waals surface area contributed by atoms with Gasteiger partial charge in [-0.1, -0.05) is 60.7 Å². The highest BCUT2D eigenvalue weighted by Gasteiger charge is 2.42. The summed E-state index contributed by atoms with van der Waals surface area (Å²) >= 11 is 0. The Balaban J connectivity index is 0.000000182. The van der Waals surface area contributed by atoms with Gasteiger partial charge in [0, 0.05) is 24.5 Å². The van der Waals surface area contributed by atoms with Gasteiger partial charge in [-0.15, -0.1) is 0 Å². The van der Waals surface area contributed by atoms with Gasteiger partial charge >= 0.3 is 11.9 Å². The first kappa shape index (κ1) is 31.9. The van der Waals surface area contributed by atoms with E-state index in [9.17, 15) is 23.2 Å². The Morgan fingerprint density at radius 1 is 1.04 bits per heavy atom. The maximum absolute atomic E-state index is 14.3. The fourth-order valence-corrected chi connectivity index (χ4v) is 5.67. The van der Waals surface area contributed by atoms with Crippen LogP contribution in [0.25, 0.3) is 0 Å². The Labute approximate surface area is 274 Å². The number of ether oxygens (including phenoxy) is 2. The van der Waals surface area contributed by atoms with Crippen molar-refractivity contribution in [3.8, 4) is 0 Å². The van der Waals surface area contributed by atoms with Crippen molar-refractivity contribution in [1.29, 1.82) is 0 Å². The molecule has 10 nitrogen and oxygen atoms in total. The largest absolute Gasteiger partial charge is 0.462 e. The van der Waals surface area contributed by atoms with E-state index in [0.29, 0.717) is 17.1 Å². The highest BCUT2D eigenvalue weighted by Crippen LogP contribution is 2.43. The maximum Gasteiger partial charge on any atom is 0.339 e. The molecule has 48 heavy (non-hydrogen) atoms. The summed E-state index contributed by atoms with van der Waals surface area (Å²) in [5.74, 6) is -3.00. The molecule has 0 spiro atoms. The molecule has 5 aromatic rings. The summed E-state index contributed by atoms with van der Waals surface area (Å²) in [6.07, 6.45) is 3.01. The number of hydrogen-bond donors (Lipinski definition) is 1. The Hall–Kier alpha value is -6.04. The molecule has 242 valence electrons. The average Bonchev–Trinajstić information content (AvgIpc) is 3.68. The Morgan fingerprint density at radius 2 is 1.75 bits per heavy atom.